The zero-order valence-corrected chi connectivity index (χ0v) is 13.0. The van der Waals surface area contributed by atoms with Crippen molar-refractivity contribution in [3.05, 3.63) is 42.5 Å². The van der Waals surface area contributed by atoms with Crippen LogP contribution in [0.2, 0.25) is 0 Å². The van der Waals surface area contributed by atoms with E-state index in [0.717, 1.165) is 24.6 Å². The van der Waals surface area contributed by atoms with E-state index >= 15 is 0 Å². The van der Waals surface area contributed by atoms with Crippen LogP contribution in [0.25, 0.3) is 10.8 Å². The maximum atomic E-state index is 6.44. The summed E-state index contributed by atoms with van der Waals surface area (Å²) >= 11 is 0. The number of fused-ring (bicyclic) bond motifs is 1. The van der Waals surface area contributed by atoms with Gasteiger partial charge in [-0.15, -0.1) is 0 Å². The van der Waals surface area contributed by atoms with Gasteiger partial charge in [-0.3, -0.25) is 0 Å². The van der Waals surface area contributed by atoms with Gasteiger partial charge in [-0.05, 0) is 43.2 Å². The smallest absolute Gasteiger partial charge is 0.127 e. The first kappa shape index (κ1) is 14.4. The van der Waals surface area contributed by atoms with E-state index in [0.29, 0.717) is 6.04 Å². The fraction of sp³-hybridized carbons (Fsp3) is 0.474. The summed E-state index contributed by atoms with van der Waals surface area (Å²) in [6.07, 6.45) is 3.93. The SMILES string of the molecule is CCNC1CCC(C)CC1Oc1cccc2ccccc12. The van der Waals surface area contributed by atoms with Gasteiger partial charge in [0.15, 0.2) is 0 Å². The number of rotatable bonds is 4. The monoisotopic (exact) mass is 283 g/mol. The van der Waals surface area contributed by atoms with Gasteiger partial charge in [0.25, 0.3) is 0 Å². The lowest BCUT2D eigenvalue weighted by atomic mass is 9.85. The number of ether oxygens (including phenoxy) is 1. The van der Waals surface area contributed by atoms with Gasteiger partial charge in [-0.1, -0.05) is 50.2 Å². The van der Waals surface area contributed by atoms with E-state index in [1.54, 1.807) is 0 Å². The minimum atomic E-state index is 0.277. The van der Waals surface area contributed by atoms with Gasteiger partial charge in [0.05, 0.1) is 0 Å². The van der Waals surface area contributed by atoms with Crippen LogP contribution < -0.4 is 10.1 Å². The third kappa shape index (κ3) is 3.21. The highest BCUT2D eigenvalue weighted by Gasteiger charge is 2.29. The Hall–Kier alpha value is -1.54. The van der Waals surface area contributed by atoms with Gasteiger partial charge in [0, 0.05) is 11.4 Å². The van der Waals surface area contributed by atoms with Gasteiger partial charge in [0.1, 0.15) is 11.9 Å². The number of nitrogens with one attached hydrogen (secondary N) is 1. The summed E-state index contributed by atoms with van der Waals surface area (Å²) in [5.41, 5.74) is 0. The van der Waals surface area contributed by atoms with Gasteiger partial charge in [-0.25, -0.2) is 0 Å². The molecule has 1 N–H and O–H groups in total. The number of hydrogen-bond acceptors (Lipinski definition) is 2. The summed E-state index contributed by atoms with van der Waals surface area (Å²) in [6.45, 7) is 5.52. The fourth-order valence-electron chi connectivity index (χ4n) is 3.42. The molecular weight excluding hydrogens is 258 g/mol. The molecule has 2 aromatic carbocycles. The van der Waals surface area contributed by atoms with E-state index in [2.05, 4.69) is 61.6 Å². The average molecular weight is 283 g/mol. The van der Waals surface area contributed by atoms with Gasteiger partial charge in [-0.2, -0.15) is 0 Å². The van der Waals surface area contributed by atoms with Crippen LogP contribution in [0.4, 0.5) is 0 Å². The molecule has 2 aromatic rings. The third-order valence-electron chi connectivity index (χ3n) is 4.55. The lowest BCUT2D eigenvalue weighted by Crippen LogP contribution is -2.46. The van der Waals surface area contributed by atoms with Crippen LogP contribution in [0.15, 0.2) is 42.5 Å². The summed E-state index contributed by atoms with van der Waals surface area (Å²) in [4.78, 5) is 0. The van der Waals surface area contributed by atoms with Crippen molar-refractivity contribution in [3.8, 4) is 5.75 Å². The number of benzene rings is 2. The van der Waals surface area contributed by atoms with Gasteiger partial charge in [0.2, 0.25) is 0 Å². The molecule has 0 saturated heterocycles. The van der Waals surface area contributed by atoms with Crippen LogP contribution in [-0.2, 0) is 0 Å². The molecule has 21 heavy (non-hydrogen) atoms. The molecule has 0 heterocycles. The lowest BCUT2D eigenvalue weighted by molar-refractivity contribution is 0.0930. The minimum Gasteiger partial charge on any atom is -0.488 e. The Labute approximate surface area is 127 Å². The number of hydrogen-bond donors (Lipinski definition) is 1. The molecule has 1 aliphatic rings. The first-order chi connectivity index (χ1) is 10.3. The van der Waals surface area contributed by atoms with Gasteiger partial charge < -0.3 is 10.1 Å². The van der Waals surface area contributed by atoms with E-state index in [9.17, 15) is 0 Å². The fourth-order valence-corrected chi connectivity index (χ4v) is 3.42. The Morgan fingerprint density at radius 3 is 2.76 bits per heavy atom. The molecule has 1 saturated carbocycles. The molecule has 3 atom stereocenters. The Kier molecular flexibility index (Phi) is 4.45. The van der Waals surface area contributed by atoms with Crippen molar-refractivity contribution in [3.63, 3.8) is 0 Å². The van der Waals surface area contributed by atoms with Crippen LogP contribution in [-0.4, -0.2) is 18.7 Å². The summed E-state index contributed by atoms with van der Waals surface area (Å²) in [7, 11) is 0. The minimum absolute atomic E-state index is 0.277. The molecule has 3 rings (SSSR count). The molecule has 0 aromatic heterocycles. The van der Waals surface area contributed by atoms with Crippen molar-refractivity contribution in [2.24, 2.45) is 5.92 Å². The van der Waals surface area contributed by atoms with E-state index in [1.165, 1.54) is 23.6 Å². The van der Waals surface area contributed by atoms with Crippen molar-refractivity contribution in [2.45, 2.75) is 45.3 Å². The molecular formula is C19H25NO. The van der Waals surface area contributed by atoms with Crippen molar-refractivity contribution in [2.75, 3.05) is 6.54 Å². The summed E-state index contributed by atoms with van der Waals surface area (Å²) in [6, 6.07) is 15.3. The summed E-state index contributed by atoms with van der Waals surface area (Å²) in [5, 5.41) is 6.06. The van der Waals surface area contributed by atoms with Crippen LogP contribution in [0, 0.1) is 5.92 Å². The number of likely N-dealkylation sites (N-methyl/N-ethyl adjacent to an activating group) is 1. The lowest BCUT2D eigenvalue weighted by Gasteiger charge is -2.35. The third-order valence-corrected chi connectivity index (χ3v) is 4.55. The molecule has 1 fully saturated rings. The summed E-state index contributed by atoms with van der Waals surface area (Å²) < 4.78 is 6.44. The molecule has 2 nitrogen and oxygen atoms in total. The second kappa shape index (κ2) is 6.48. The Morgan fingerprint density at radius 2 is 1.90 bits per heavy atom. The molecule has 1 aliphatic carbocycles. The van der Waals surface area contributed by atoms with Crippen LogP contribution in [0.3, 0.4) is 0 Å². The van der Waals surface area contributed by atoms with E-state index in [-0.39, 0.29) is 6.10 Å². The zero-order chi connectivity index (χ0) is 14.7. The maximum Gasteiger partial charge on any atom is 0.127 e. The standard InChI is InChI=1S/C19H25NO/c1-3-20-17-12-11-14(2)13-19(17)21-18-10-6-8-15-7-4-5-9-16(15)18/h4-10,14,17,19-20H,3,11-13H2,1-2H3. The highest BCUT2D eigenvalue weighted by atomic mass is 16.5. The van der Waals surface area contributed by atoms with Crippen LogP contribution in [0.5, 0.6) is 5.75 Å². The molecule has 0 aliphatic heterocycles. The molecule has 3 unspecified atom stereocenters. The van der Waals surface area contributed by atoms with Crippen molar-refractivity contribution in [1.82, 2.24) is 5.32 Å². The van der Waals surface area contributed by atoms with Crippen LogP contribution >= 0.6 is 0 Å². The van der Waals surface area contributed by atoms with Gasteiger partial charge >= 0.3 is 0 Å². The maximum absolute atomic E-state index is 6.44. The van der Waals surface area contributed by atoms with Crippen molar-refractivity contribution in [1.29, 1.82) is 0 Å². The Morgan fingerprint density at radius 1 is 1.10 bits per heavy atom. The predicted octanol–water partition coefficient (Wildman–Crippen LogP) is 4.39. The van der Waals surface area contributed by atoms with Crippen molar-refractivity contribution >= 4 is 10.8 Å². The highest BCUT2D eigenvalue weighted by molar-refractivity contribution is 5.88. The molecule has 112 valence electrons. The zero-order valence-electron chi connectivity index (χ0n) is 13.0. The summed E-state index contributed by atoms with van der Waals surface area (Å²) in [5.74, 6) is 1.77. The normalized spacial score (nSPS) is 25.9. The topological polar surface area (TPSA) is 21.3 Å². The highest BCUT2D eigenvalue weighted by Crippen LogP contribution is 2.31. The molecule has 0 radical (unpaired) electrons. The molecule has 0 amide bonds. The van der Waals surface area contributed by atoms with Crippen LogP contribution in [0.1, 0.15) is 33.1 Å². The molecule has 2 heteroatoms. The quantitative estimate of drug-likeness (QED) is 0.898. The molecule has 0 spiro atoms. The second-order valence-electron chi connectivity index (χ2n) is 6.22. The largest absolute Gasteiger partial charge is 0.488 e. The first-order valence-corrected chi connectivity index (χ1v) is 8.15. The molecule has 0 bridgehead atoms. The first-order valence-electron chi connectivity index (χ1n) is 8.15. The van der Waals surface area contributed by atoms with E-state index in [4.69, 9.17) is 4.74 Å². The van der Waals surface area contributed by atoms with Crippen molar-refractivity contribution < 1.29 is 4.74 Å². The Balaban J connectivity index is 1.85. The van der Waals surface area contributed by atoms with E-state index in [1.807, 2.05) is 0 Å². The average Bonchev–Trinajstić information content (AvgIpc) is 2.50. The second-order valence-corrected chi connectivity index (χ2v) is 6.22. The predicted molar refractivity (Wildman–Crippen MR) is 88.8 cm³/mol. The van der Waals surface area contributed by atoms with E-state index < -0.39 is 0 Å². The Bertz CT molecular complexity index is 590.